The highest BCUT2D eigenvalue weighted by molar-refractivity contribution is 6.36. The SMILES string of the molecule is CC[C@H](C)NC(=O)COC(=O)CNC(=O)c1ccc(Cl)cc1Cl. The number of carbonyl (C=O) groups is 3. The Morgan fingerprint density at radius 1 is 1.26 bits per heavy atom. The Bertz CT molecular complexity index is 593. The number of halogens is 2. The molecule has 2 amide bonds. The quantitative estimate of drug-likeness (QED) is 0.729. The van der Waals surface area contributed by atoms with Gasteiger partial charge in [-0.15, -0.1) is 0 Å². The van der Waals surface area contributed by atoms with Crippen LogP contribution in [0.15, 0.2) is 18.2 Å². The smallest absolute Gasteiger partial charge is 0.325 e. The molecular formula is C15H18Cl2N2O4. The molecule has 0 aliphatic rings. The lowest BCUT2D eigenvalue weighted by Gasteiger charge is -2.11. The van der Waals surface area contributed by atoms with Crippen LogP contribution in [0.2, 0.25) is 10.0 Å². The minimum Gasteiger partial charge on any atom is -0.454 e. The van der Waals surface area contributed by atoms with Gasteiger partial charge in [-0.2, -0.15) is 0 Å². The highest BCUT2D eigenvalue weighted by Crippen LogP contribution is 2.20. The molecule has 0 heterocycles. The maximum Gasteiger partial charge on any atom is 0.325 e. The molecule has 0 spiro atoms. The normalized spacial score (nSPS) is 11.5. The van der Waals surface area contributed by atoms with Gasteiger partial charge in [0.15, 0.2) is 6.61 Å². The van der Waals surface area contributed by atoms with E-state index >= 15 is 0 Å². The first kappa shape index (κ1) is 19.3. The minimum absolute atomic E-state index is 0.00736. The van der Waals surface area contributed by atoms with Gasteiger partial charge in [0.05, 0.1) is 10.6 Å². The predicted octanol–water partition coefficient (Wildman–Crippen LogP) is 2.18. The fourth-order valence-electron chi connectivity index (χ4n) is 1.54. The zero-order valence-corrected chi connectivity index (χ0v) is 14.3. The number of hydrogen-bond acceptors (Lipinski definition) is 4. The predicted molar refractivity (Wildman–Crippen MR) is 87.6 cm³/mol. The van der Waals surface area contributed by atoms with Crippen molar-refractivity contribution >= 4 is 41.0 Å². The van der Waals surface area contributed by atoms with Gasteiger partial charge in [0.1, 0.15) is 6.54 Å². The third kappa shape index (κ3) is 6.88. The molecule has 0 aliphatic carbocycles. The summed E-state index contributed by atoms with van der Waals surface area (Å²) in [4.78, 5) is 34.8. The largest absolute Gasteiger partial charge is 0.454 e. The Morgan fingerprint density at radius 3 is 2.57 bits per heavy atom. The van der Waals surface area contributed by atoms with Gasteiger partial charge in [0, 0.05) is 11.1 Å². The van der Waals surface area contributed by atoms with Crippen LogP contribution < -0.4 is 10.6 Å². The Labute approximate surface area is 144 Å². The standard InChI is InChI=1S/C15H18Cl2N2O4/c1-3-9(2)19-13(20)8-23-14(21)7-18-15(22)11-5-4-10(16)6-12(11)17/h4-6,9H,3,7-8H2,1-2H3,(H,18,22)(H,19,20)/t9-/m0/s1. The molecule has 6 nitrogen and oxygen atoms in total. The zero-order valence-electron chi connectivity index (χ0n) is 12.8. The topological polar surface area (TPSA) is 84.5 Å². The molecule has 1 aromatic carbocycles. The van der Waals surface area contributed by atoms with E-state index in [0.717, 1.165) is 6.42 Å². The van der Waals surface area contributed by atoms with Gasteiger partial charge in [0.25, 0.3) is 11.8 Å². The van der Waals surface area contributed by atoms with Crippen molar-refractivity contribution in [3.05, 3.63) is 33.8 Å². The summed E-state index contributed by atoms with van der Waals surface area (Å²) in [6.07, 6.45) is 0.775. The van der Waals surface area contributed by atoms with Crippen molar-refractivity contribution in [2.45, 2.75) is 26.3 Å². The fraction of sp³-hybridized carbons (Fsp3) is 0.400. The number of hydrogen-bond donors (Lipinski definition) is 2. The van der Waals surface area contributed by atoms with Gasteiger partial charge in [-0.25, -0.2) is 0 Å². The van der Waals surface area contributed by atoms with Crippen LogP contribution in [0.5, 0.6) is 0 Å². The molecule has 0 radical (unpaired) electrons. The van der Waals surface area contributed by atoms with Crippen molar-refractivity contribution in [2.75, 3.05) is 13.2 Å². The van der Waals surface area contributed by atoms with Crippen LogP contribution in [0.3, 0.4) is 0 Å². The number of amides is 2. The molecule has 0 unspecified atom stereocenters. The molecule has 1 rings (SSSR count). The molecule has 126 valence electrons. The lowest BCUT2D eigenvalue weighted by molar-refractivity contribution is -0.147. The van der Waals surface area contributed by atoms with Gasteiger partial charge < -0.3 is 15.4 Å². The Balaban J connectivity index is 2.38. The number of esters is 1. The molecule has 8 heteroatoms. The Morgan fingerprint density at radius 2 is 1.96 bits per heavy atom. The summed E-state index contributed by atoms with van der Waals surface area (Å²) >= 11 is 11.6. The van der Waals surface area contributed by atoms with E-state index in [1.165, 1.54) is 18.2 Å². The maximum atomic E-state index is 11.9. The van der Waals surface area contributed by atoms with Gasteiger partial charge >= 0.3 is 5.97 Å². The fourth-order valence-corrected chi connectivity index (χ4v) is 2.03. The highest BCUT2D eigenvalue weighted by atomic mass is 35.5. The summed E-state index contributed by atoms with van der Waals surface area (Å²) in [7, 11) is 0. The van der Waals surface area contributed by atoms with Crippen LogP contribution >= 0.6 is 23.2 Å². The Hall–Kier alpha value is -1.79. The monoisotopic (exact) mass is 360 g/mol. The Kier molecular flexibility index (Phi) is 7.85. The molecule has 0 bridgehead atoms. The molecule has 0 saturated heterocycles. The number of ether oxygens (including phenoxy) is 1. The van der Waals surface area contributed by atoms with Crippen LogP contribution in [0.4, 0.5) is 0 Å². The number of rotatable bonds is 7. The minimum atomic E-state index is -0.720. The first-order valence-electron chi connectivity index (χ1n) is 7.01. The van der Waals surface area contributed by atoms with E-state index in [1.807, 2.05) is 13.8 Å². The molecule has 2 N–H and O–H groups in total. The van der Waals surface area contributed by atoms with Crippen LogP contribution in [0.25, 0.3) is 0 Å². The van der Waals surface area contributed by atoms with Crippen LogP contribution in [0.1, 0.15) is 30.6 Å². The van der Waals surface area contributed by atoms with E-state index in [0.29, 0.717) is 5.02 Å². The van der Waals surface area contributed by atoms with E-state index in [-0.39, 0.29) is 35.7 Å². The van der Waals surface area contributed by atoms with Crippen molar-refractivity contribution in [2.24, 2.45) is 0 Å². The molecule has 0 saturated carbocycles. The lowest BCUT2D eigenvalue weighted by atomic mass is 10.2. The summed E-state index contributed by atoms with van der Waals surface area (Å²) in [5, 5.41) is 5.60. The van der Waals surface area contributed by atoms with Gasteiger partial charge in [0.2, 0.25) is 0 Å². The molecule has 0 aromatic heterocycles. The third-order valence-corrected chi connectivity index (χ3v) is 3.50. The number of benzene rings is 1. The second-order valence-electron chi connectivity index (χ2n) is 4.84. The van der Waals surface area contributed by atoms with Crippen molar-refractivity contribution in [3.63, 3.8) is 0 Å². The average molecular weight is 361 g/mol. The van der Waals surface area contributed by atoms with Gasteiger partial charge in [-0.1, -0.05) is 30.1 Å². The summed E-state index contributed by atoms with van der Waals surface area (Å²) in [6, 6.07) is 4.40. The zero-order chi connectivity index (χ0) is 17.4. The van der Waals surface area contributed by atoms with E-state index in [4.69, 9.17) is 27.9 Å². The van der Waals surface area contributed by atoms with Crippen molar-refractivity contribution < 1.29 is 19.1 Å². The van der Waals surface area contributed by atoms with E-state index in [2.05, 4.69) is 10.6 Å². The second kappa shape index (κ2) is 9.37. The van der Waals surface area contributed by atoms with E-state index in [1.54, 1.807) is 0 Å². The van der Waals surface area contributed by atoms with Crippen LogP contribution in [0, 0.1) is 0 Å². The van der Waals surface area contributed by atoms with E-state index < -0.39 is 11.9 Å². The van der Waals surface area contributed by atoms with Crippen molar-refractivity contribution in [1.82, 2.24) is 10.6 Å². The lowest BCUT2D eigenvalue weighted by Crippen LogP contribution is -2.37. The summed E-state index contributed by atoms with van der Waals surface area (Å²) < 4.78 is 4.77. The first-order valence-corrected chi connectivity index (χ1v) is 7.77. The summed E-state index contributed by atoms with van der Waals surface area (Å²) in [5.41, 5.74) is 0.193. The molecule has 0 fully saturated rings. The second-order valence-corrected chi connectivity index (χ2v) is 5.69. The average Bonchev–Trinajstić information content (AvgIpc) is 2.50. The first-order chi connectivity index (χ1) is 10.8. The van der Waals surface area contributed by atoms with Crippen molar-refractivity contribution in [1.29, 1.82) is 0 Å². The molecule has 1 atom stereocenters. The van der Waals surface area contributed by atoms with Gasteiger partial charge in [-0.3, -0.25) is 14.4 Å². The van der Waals surface area contributed by atoms with Crippen LogP contribution in [-0.2, 0) is 14.3 Å². The van der Waals surface area contributed by atoms with Crippen LogP contribution in [-0.4, -0.2) is 37.0 Å². The number of carbonyl (C=O) groups excluding carboxylic acids is 3. The van der Waals surface area contributed by atoms with Crippen molar-refractivity contribution in [3.8, 4) is 0 Å². The maximum absolute atomic E-state index is 11.9. The molecule has 23 heavy (non-hydrogen) atoms. The summed E-state index contributed by atoms with van der Waals surface area (Å²) in [6.45, 7) is 3.01. The highest BCUT2D eigenvalue weighted by Gasteiger charge is 2.14. The van der Waals surface area contributed by atoms with E-state index in [9.17, 15) is 14.4 Å². The van der Waals surface area contributed by atoms with Gasteiger partial charge in [-0.05, 0) is 31.5 Å². The third-order valence-electron chi connectivity index (χ3n) is 2.95. The molecular weight excluding hydrogens is 343 g/mol. The number of nitrogens with one attached hydrogen (secondary N) is 2. The molecule has 1 aromatic rings. The molecule has 0 aliphatic heterocycles. The summed E-state index contributed by atoms with van der Waals surface area (Å²) in [5.74, 6) is -1.64.